The van der Waals surface area contributed by atoms with E-state index in [1.165, 1.54) is 6.07 Å². The second kappa shape index (κ2) is 8.20. The van der Waals surface area contributed by atoms with Crippen molar-refractivity contribution >= 4 is 33.4 Å². The number of aliphatic hydroxyl groups is 1. The minimum atomic E-state index is -0.371. The smallest absolute Gasteiger partial charge is 0.225 e. The van der Waals surface area contributed by atoms with Crippen molar-refractivity contribution in [2.75, 3.05) is 17.2 Å². The quantitative estimate of drug-likeness (QED) is 0.562. The minimum Gasteiger partial charge on any atom is -0.394 e. The number of anilines is 3. The van der Waals surface area contributed by atoms with Crippen molar-refractivity contribution in [3.63, 3.8) is 0 Å². The molecule has 6 nitrogen and oxygen atoms in total. The molecule has 8 heteroatoms. The Bertz CT molecular complexity index is 894. The molecule has 0 unspecified atom stereocenters. The number of nitrogens with zero attached hydrogens (tertiary/aromatic N) is 3. The van der Waals surface area contributed by atoms with Gasteiger partial charge < -0.3 is 15.7 Å². The van der Waals surface area contributed by atoms with Crippen molar-refractivity contribution in [2.24, 2.45) is 0 Å². The topological polar surface area (TPSA) is 83.0 Å². The number of aromatic nitrogens is 3. The highest BCUT2D eigenvalue weighted by molar-refractivity contribution is 9.10. The van der Waals surface area contributed by atoms with Gasteiger partial charge in [0.15, 0.2) is 0 Å². The number of benzene rings is 1. The SMILES string of the molecule is C[C@H](CO)Nc1nc(Nc2ccc(Br)c(F)c2)cc(-c2cccnc2)n1. The van der Waals surface area contributed by atoms with Gasteiger partial charge in [0.2, 0.25) is 5.95 Å². The third-order valence-electron chi connectivity index (χ3n) is 3.52. The summed E-state index contributed by atoms with van der Waals surface area (Å²) in [5, 5.41) is 15.4. The maximum Gasteiger partial charge on any atom is 0.225 e. The summed E-state index contributed by atoms with van der Waals surface area (Å²) in [5.74, 6) is 0.477. The Morgan fingerprint density at radius 3 is 2.77 bits per heavy atom. The molecule has 1 aromatic carbocycles. The minimum absolute atomic E-state index is 0.0544. The van der Waals surface area contributed by atoms with Crippen LogP contribution in [0.5, 0.6) is 0 Å². The molecule has 0 bridgehead atoms. The molecule has 1 atom stereocenters. The Labute approximate surface area is 158 Å². The van der Waals surface area contributed by atoms with E-state index in [2.05, 4.69) is 41.5 Å². The van der Waals surface area contributed by atoms with E-state index in [1.807, 2.05) is 19.1 Å². The molecular weight excluding hydrogens is 401 g/mol. The van der Waals surface area contributed by atoms with Crippen LogP contribution in [0.25, 0.3) is 11.3 Å². The first-order valence-electron chi connectivity index (χ1n) is 7.94. The molecule has 0 radical (unpaired) electrons. The lowest BCUT2D eigenvalue weighted by molar-refractivity contribution is 0.281. The van der Waals surface area contributed by atoms with Gasteiger partial charge in [-0.1, -0.05) is 0 Å². The first kappa shape index (κ1) is 18.2. The predicted molar refractivity (Wildman–Crippen MR) is 103 cm³/mol. The Morgan fingerprint density at radius 1 is 1.23 bits per heavy atom. The second-order valence-corrected chi connectivity index (χ2v) is 6.54. The molecule has 0 spiro atoms. The molecule has 2 heterocycles. The molecule has 0 saturated carbocycles. The van der Waals surface area contributed by atoms with Crippen LogP contribution in [-0.2, 0) is 0 Å². The first-order valence-corrected chi connectivity index (χ1v) is 8.73. The molecule has 0 saturated heterocycles. The van der Waals surface area contributed by atoms with Gasteiger partial charge >= 0.3 is 0 Å². The number of aliphatic hydroxyl groups excluding tert-OH is 1. The maximum atomic E-state index is 13.8. The molecule has 26 heavy (non-hydrogen) atoms. The lowest BCUT2D eigenvalue weighted by atomic mass is 10.2. The van der Waals surface area contributed by atoms with E-state index >= 15 is 0 Å². The van der Waals surface area contributed by atoms with Crippen LogP contribution in [0.3, 0.4) is 0 Å². The summed E-state index contributed by atoms with van der Waals surface area (Å²) in [6.07, 6.45) is 3.38. The van der Waals surface area contributed by atoms with Crippen molar-refractivity contribution in [2.45, 2.75) is 13.0 Å². The number of pyridine rings is 1. The Balaban J connectivity index is 1.97. The van der Waals surface area contributed by atoms with Crippen molar-refractivity contribution < 1.29 is 9.50 Å². The normalized spacial score (nSPS) is 11.8. The van der Waals surface area contributed by atoms with Crippen LogP contribution in [0.4, 0.5) is 21.8 Å². The summed E-state index contributed by atoms with van der Waals surface area (Å²) in [5.41, 5.74) is 2.03. The average molecular weight is 418 g/mol. The van der Waals surface area contributed by atoms with E-state index in [9.17, 15) is 9.50 Å². The van der Waals surface area contributed by atoms with Gasteiger partial charge in [0.25, 0.3) is 0 Å². The molecule has 3 aromatic rings. The summed E-state index contributed by atoms with van der Waals surface area (Å²) in [7, 11) is 0. The van der Waals surface area contributed by atoms with Crippen LogP contribution in [0, 0.1) is 5.82 Å². The van der Waals surface area contributed by atoms with Gasteiger partial charge in [-0.15, -0.1) is 0 Å². The summed E-state index contributed by atoms with van der Waals surface area (Å²) < 4.78 is 14.1. The van der Waals surface area contributed by atoms with Crippen molar-refractivity contribution in [1.29, 1.82) is 0 Å². The Hall–Kier alpha value is -2.58. The molecule has 0 aliphatic carbocycles. The predicted octanol–water partition coefficient (Wildman–Crippen LogP) is 3.98. The Kier molecular flexibility index (Phi) is 5.75. The van der Waals surface area contributed by atoms with Crippen LogP contribution < -0.4 is 10.6 Å². The van der Waals surface area contributed by atoms with Crippen LogP contribution in [0.1, 0.15) is 6.92 Å². The fourth-order valence-corrected chi connectivity index (χ4v) is 2.47. The summed E-state index contributed by atoms with van der Waals surface area (Å²) >= 11 is 3.13. The molecule has 3 N–H and O–H groups in total. The molecule has 3 rings (SSSR count). The summed E-state index contributed by atoms with van der Waals surface area (Å²) in [6.45, 7) is 1.76. The first-order chi connectivity index (χ1) is 12.5. The standard InChI is InChI=1S/C18H17BrFN5O/c1-11(10-26)22-18-24-16(12-3-2-6-21-9-12)8-17(25-18)23-13-4-5-14(19)15(20)7-13/h2-9,11,26H,10H2,1H3,(H2,22,23,24,25)/t11-/m1/s1. The van der Waals surface area contributed by atoms with Gasteiger partial charge in [0.05, 0.1) is 16.8 Å². The number of hydrogen-bond donors (Lipinski definition) is 3. The Morgan fingerprint density at radius 2 is 2.08 bits per heavy atom. The molecule has 0 aliphatic rings. The third kappa shape index (κ3) is 4.53. The van der Waals surface area contributed by atoms with Gasteiger partial charge in [-0.05, 0) is 53.2 Å². The van der Waals surface area contributed by atoms with Crippen LogP contribution >= 0.6 is 15.9 Å². The van der Waals surface area contributed by atoms with Crippen molar-refractivity contribution in [1.82, 2.24) is 15.0 Å². The molecule has 0 amide bonds. The van der Waals surface area contributed by atoms with Crippen LogP contribution in [0.2, 0.25) is 0 Å². The highest BCUT2D eigenvalue weighted by atomic mass is 79.9. The zero-order chi connectivity index (χ0) is 18.5. The summed E-state index contributed by atoms with van der Waals surface area (Å²) in [4.78, 5) is 13.0. The lowest BCUT2D eigenvalue weighted by Crippen LogP contribution is -2.21. The third-order valence-corrected chi connectivity index (χ3v) is 4.17. The number of nitrogens with one attached hydrogen (secondary N) is 2. The molecule has 0 aliphatic heterocycles. The fraction of sp³-hybridized carbons (Fsp3) is 0.167. The number of halogens is 2. The van der Waals surface area contributed by atoms with Gasteiger partial charge in [0, 0.05) is 35.8 Å². The molecule has 2 aromatic heterocycles. The van der Waals surface area contributed by atoms with Crippen LogP contribution in [0.15, 0.2) is 53.3 Å². The number of hydrogen-bond acceptors (Lipinski definition) is 6. The van der Waals surface area contributed by atoms with E-state index in [0.29, 0.717) is 27.6 Å². The zero-order valence-electron chi connectivity index (χ0n) is 13.9. The van der Waals surface area contributed by atoms with E-state index in [-0.39, 0.29) is 18.5 Å². The molecule has 0 fully saturated rings. The zero-order valence-corrected chi connectivity index (χ0v) is 15.5. The fourth-order valence-electron chi connectivity index (χ4n) is 2.23. The van der Waals surface area contributed by atoms with Gasteiger partial charge in [0.1, 0.15) is 11.6 Å². The van der Waals surface area contributed by atoms with E-state index in [4.69, 9.17) is 0 Å². The number of rotatable bonds is 6. The molecule has 134 valence electrons. The van der Waals surface area contributed by atoms with Crippen molar-refractivity contribution in [3.8, 4) is 11.3 Å². The monoisotopic (exact) mass is 417 g/mol. The maximum absolute atomic E-state index is 13.8. The van der Waals surface area contributed by atoms with Gasteiger partial charge in [-0.2, -0.15) is 4.98 Å². The van der Waals surface area contributed by atoms with E-state index in [1.54, 1.807) is 30.6 Å². The van der Waals surface area contributed by atoms with Crippen LogP contribution in [-0.4, -0.2) is 32.7 Å². The second-order valence-electron chi connectivity index (χ2n) is 5.69. The highest BCUT2D eigenvalue weighted by Gasteiger charge is 2.10. The van der Waals surface area contributed by atoms with Gasteiger partial charge in [-0.25, -0.2) is 9.37 Å². The summed E-state index contributed by atoms with van der Waals surface area (Å²) in [6, 6.07) is 9.98. The highest BCUT2D eigenvalue weighted by Crippen LogP contribution is 2.25. The largest absolute Gasteiger partial charge is 0.394 e. The average Bonchev–Trinajstić information content (AvgIpc) is 2.65. The van der Waals surface area contributed by atoms with Crippen molar-refractivity contribution in [3.05, 3.63) is 59.1 Å². The van der Waals surface area contributed by atoms with E-state index < -0.39 is 0 Å². The van der Waals surface area contributed by atoms with E-state index in [0.717, 1.165) is 5.56 Å². The van der Waals surface area contributed by atoms with Gasteiger partial charge in [-0.3, -0.25) is 4.98 Å². The molecular formula is C18H17BrFN5O. The lowest BCUT2D eigenvalue weighted by Gasteiger charge is -2.14.